The number of hydrogen-bond donors (Lipinski definition) is 1. The Morgan fingerprint density at radius 2 is 1.89 bits per heavy atom. The van der Waals surface area contributed by atoms with E-state index in [0.29, 0.717) is 4.47 Å². The summed E-state index contributed by atoms with van der Waals surface area (Å²) in [5, 5.41) is 2.75. The van der Waals surface area contributed by atoms with Crippen LogP contribution >= 0.6 is 15.9 Å². The molecule has 0 saturated heterocycles. The molecule has 0 bridgehead atoms. The minimum absolute atomic E-state index is 0.215. The van der Waals surface area contributed by atoms with Gasteiger partial charge < -0.3 is 5.32 Å². The van der Waals surface area contributed by atoms with Crippen molar-refractivity contribution in [1.29, 1.82) is 0 Å². The normalized spacial score (nSPS) is 13.6. The summed E-state index contributed by atoms with van der Waals surface area (Å²) in [6.07, 6.45) is 5.11. The number of benzene rings is 1. The highest BCUT2D eigenvalue weighted by molar-refractivity contribution is 9.10. The zero-order valence-electron chi connectivity index (χ0n) is 11.6. The van der Waals surface area contributed by atoms with Crippen LogP contribution in [0.2, 0.25) is 0 Å². The molecule has 1 aromatic rings. The van der Waals surface area contributed by atoms with Gasteiger partial charge in [0.2, 0.25) is 0 Å². The van der Waals surface area contributed by atoms with E-state index in [4.69, 9.17) is 0 Å². The Hall–Kier alpha value is -1.00. The lowest BCUT2D eigenvalue weighted by Gasteiger charge is -1.88. The van der Waals surface area contributed by atoms with Crippen molar-refractivity contribution in [1.82, 2.24) is 5.32 Å². The van der Waals surface area contributed by atoms with E-state index in [9.17, 15) is 9.18 Å². The van der Waals surface area contributed by atoms with Gasteiger partial charge in [0.15, 0.2) is 0 Å². The predicted octanol–water partition coefficient (Wildman–Crippen LogP) is 3.97. The standard InChI is InChI=1S/C7H10O.C6H4BrF.C2H7N/c1-6(4-5-8)7-2-3-7;7-5-3-1-2-4-6(5)8;1-3-2/h4-5,7H,2-3H2,1H3;1-4H;3H,1-2H3/b6-4+;;. The van der Waals surface area contributed by atoms with Crippen molar-refractivity contribution in [2.75, 3.05) is 14.1 Å². The molecule has 0 spiro atoms. The average Bonchev–Trinajstić information content (AvgIpc) is 3.19. The van der Waals surface area contributed by atoms with E-state index >= 15 is 0 Å². The Kier molecular flexibility index (Phi) is 10.3. The zero-order valence-corrected chi connectivity index (χ0v) is 13.2. The van der Waals surface area contributed by atoms with Crippen LogP contribution in [0.5, 0.6) is 0 Å². The highest BCUT2D eigenvalue weighted by Gasteiger charge is 2.22. The molecule has 19 heavy (non-hydrogen) atoms. The van der Waals surface area contributed by atoms with Gasteiger partial charge in [-0.3, -0.25) is 4.79 Å². The number of halogens is 2. The van der Waals surface area contributed by atoms with Crippen LogP contribution in [0, 0.1) is 11.7 Å². The largest absolute Gasteiger partial charge is 0.323 e. The van der Waals surface area contributed by atoms with E-state index in [-0.39, 0.29) is 5.82 Å². The van der Waals surface area contributed by atoms with Gasteiger partial charge >= 0.3 is 0 Å². The van der Waals surface area contributed by atoms with Crippen LogP contribution < -0.4 is 5.32 Å². The van der Waals surface area contributed by atoms with Gasteiger partial charge in [0.05, 0.1) is 4.47 Å². The molecule has 1 aliphatic rings. The van der Waals surface area contributed by atoms with Gasteiger partial charge in [0.1, 0.15) is 12.1 Å². The fourth-order valence-corrected chi connectivity index (χ4v) is 1.51. The van der Waals surface area contributed by atoms with Gasteiger partial charge in [0, 0.05) is 0 Å². The van der Waals surface area contributed by atoms with E-state index in [1.54, 1.807) is 24.3 Å². The average molecular weight is 330 g/mol. The quantitative estimate of drug-likeness (QED) is 0.657. The molecule has 0 aromatic heterocycles. The fraction of sp³-hybridized carbons (Fsp3) is 0.400. The molecule has 0 radical (unpaired) electrons. The molecular formula is C15H21BrFNO. The first-order chi connectivity index (χ1) is 9.06. The molecule has 0 amide bonds. The van der Waals surface area contributed by atoms with E-state index in [2.05, 4.69) is 21.2 Å². The molecule has 2 rings (SSSR count). The van der Waals surface area contributed by atoms with Crippen LogP contribution in [-0.4, -0.2) is 20.4 Å². The van der Waals surface area contributed by atoms with Crippen molar-refractivity contribution in [3.8, 4) is 0 Å². The number of nitrogens with one attached hydrogen (secondary N) is 1. The number of allylic oxidation sites excluding steroid dienone is 2. The summed E-state index contributed by atoms with van der Waals surface area (Å²) in [5.41, 5.74) is 1.25. The first-order valence-corrected chi connectivity index (χ1v) is 6.96. The predicted molar refractivity (Wildman–Crippen MR) is 81.6 cm³/mol. The van der Waals surface area contributed by atoms with Crippen LogP contribution in [-0.2, 0) is 4.79 Å². The Bertz CT molecular complexity index is 382. The first kappa shape index (κ1) is 18.0. The molecular weight excluding hydrogens is 309 g/mol. The molecule has 0 heterocycles. The van der Waals surface area contributed by atoms with Crippen molar-refractivity contribution in [2.24, 2.45) is 5.92 Å². The van der Waals surface area contributed by atoms with E-state index in [0.717, 1.165) is 12.2 Å². The lowest BCUT2D eigenvalue weighted by molar-refractivity contribution is -0.104. The third kappa shape index (κ3) is 9.56. The minimum atomic E-state index is -0.215. The van der Waals surface area contributed by atoms with Gasteiger partial charge in [-0.1, -0.05) is 17.7 Å². The van der Waals surface area contributed by atoms with Gasteiger partial charge in [0.25, 0.3) is 0 Å². The molecule has 4 heteroatoms. The number of carbonyl (C=O) groups is 1. The molecule has 106 valence electrons. The van der Waals surface area contributed by atoms with Crippen LogP contribution in [0.3, 0.4) is 0 Å². The molecule has 1 N–H and O–H groups in total. The summed E-state index contributed by atoms with van der Waals surface area (Å²) in [7, 11) is 3.75. The van der Waals surface area contributed by atoms with Crippen molar-refractivity contribution < 1.29 is 9.18 Å². The third-order valence-corrected chi connectivity index (χ3v) is 3.02. The fourth-order valence-electron chi connectivity index (χ4n) is 1.22. The summed E-state index contributed by atoms with van der Waals surface area (Å²) in [5.74, 6) is 0.535. The Balaban J connectivity index is 0.000000284. The Labute approximate surface area is 123 Å². The topological polar surface area (TPSA) is 29.1 Å². The summed E-state index contributed by atoms with van der Waals surface area (Å²) in [6, 6.07) is 6.49. The second kappa shape index (κ2) is 10.9. The van der Waals surface area contributed by atoms with Crippen molar-refractivity contribution in [3.63, 3.8) is 0 Å². The van der Waals surface area contributed by atoms with Crippen LogP contribution in [0.4, 0.5) is 4.39 Å². The summed E-state index contributed by atoms with van der Waals surface area (Å²) >= 11 is 3.02. The van der Waals surface area contributed by atoms with Crippen molar-refractivity contribution in [3.05, 3.63) is 46.2 Å². The minimum Gasteiger partial charge on any atom is -0.323 e. The molecule has 1 aromatic carbocycles. The highest BCUT2D eigenvalue weighted by Crippen LogP contribution is 2.35. The number of hydrogen-bond acceptors (Lipinski definition) is 2. The van der Waals surface area contributed by atoms with Crippen LogP contribution in [0.15, 0.2) is 40.4 Å². The van der Waals surface area contributed by atoms with Gasteiger partial charge in [-0.2, -0.15) is 0 Å². The number of aldehydes is 1. The maximum Gasteiger partial charge on any atom is 0.142 e. The SMILES string of the molecule is C/C(=C\C=O)C1CC1.CNC.Fc1ccccc1Br. The molecule has 0 atom stereocenters. The van der Waals surface area contributed by atoms with Gasteiger partial charge in [-0.25, -0.2) is 4.39 Å². The molecule has 0 unspecified atom stereocenters. The molecule has 1 fully saturated rings. The van der Waals surface area contributed by atoms with Gasteiger partial charge in [-0.15, -0.1) is 0 Å². The number of rotatable bonds is 2. The Morgan fingerprint density at radius 1 is 1.37 bits per heavy atom. The summed E-state index contributed by atoms with van der Waals surface area (Å²) in [6.45, 7) is 2.02. The van der Waals surface area contributed by atoms with Crippen LogP contribution in [0.25, 0.3) is 0 Å². The van der Waals surface area contributed by atoms with Gasteiger partial charge in [-0.05, 0) is 73.9 Å². The summed E-state index contributed by atoms with van der Waals surface area (Å²) < 4.78 is 12.8. The smallest absolute Gasteiger partial charge is 0.142 e. The maximum atomic E-state index is 12.3. The second-order valence-electron chi connectivity index (χ2n) is 4.24. The van der Waals surface area contributed by atoms with Crippen LogP contribution in [0.1, 0.15) is 19.8 Å². The molecule has 1 aliphatic carbocycles. The van der Waals surface area contributed by atoms with E-state index in [1.165, 1.54) is 24.5 Å². The third-order valence-electron chi connectivity index (χ3n) is 2.38. The second-order valence-corrected chi connectivity index (χ2v) is 5.09. The maximum absolute atomic E-state index is 12.3. The summed E-state index contributed by atoms with van der Waals surface area (Å²) in [4.78, 5) is 9.87. The van der Waals surface area contributed by atoms with Crippen molar-refractivity contribution >= 4 is 22.2 Å². The monoisotopic (exact) mass is 329 g/mol. The number of carbonyl (C=O) groups excluding carboxylic acids is 1. The first-order valence-electron chi connectivity index (χ1n) is 6.17. The van der Waals surface area contributed by atoms with E-state index < -0.39 is 0 Å². The molecule has 0 aliphatic heterocycles. The Morgan fingerprint density at radius 3 is 2.21 bits per heavy atom. The van der Waals surface area contributed by atoms with Crippen molar-refractivity contribution in [2.45, 2.75) is 19.8 Å². The lowest BCUT2D eigenvalue weighted by Crippen LogP contribution is -1.89. The molecule has 1 saturated carbocycles. The van der Waals surface area contributed by atoms with E-state index in [1.807, 2.05) is 21.0 Å². The zero-order chi connectivity index (χ0) is 14.7. The highest BCUT2D eigenvalue weighted by atomic mass is 79.9. The lowest BCUT2D eigenvalue weighted by atomic mass is 10.2. The molecule has 2 nitrogen and oxygen atoms in total.